The summed E-state index contributed by atoms with van der Waals surface area (Å²) < 4.78 is 10.9. The molecule has 0 saturated heterocycles. The molecular formula is C34H45N3O6. The highest BCUT2D eigenvalue weighted by molar-refractivity contribution is 5.93. The van der Waals surface area contributed by atoms with Gasteiger partial charge < -0.3 is 25.0 Å². The highest BCUT2D eigenvalue weighted by atomic mass is 16.6. The molecule has 2 rings (SSSR count). The van der Waals surface area contributed by atoms with Crippen LogP contribution in [-0.4, -0.2) is 58.6 Å². The molecule has 0 aliphatic heterocycles. The molecule has 0 saturated carbocycles. The second-order valence-electron chi connectivity index (χ2n) is 12.4. The highest BCUT2D eigenvalue weighted by Gasteiger charge is 2.37. The molecule has 3 amide bonds. The molecule has 3 atom stereocenters. The molecule has 0 aliphatic rings. The van der Waals surface area contributed by atoms with E-state index in [-0.39, 0.29) is 6.42 Å². The van der Waals surface area contributed by atoms with Gasteiger partial charge in [0, 0.05) is 18.0 Å². The first-order valence-electron chi connectivity index (χ1n) is 14.5. The lowest BCUT2D eigenvalue weighted by molar-refractivity contribution is -0.159. The molecule has 0 aliphatic carbocycles. The van der Waals surface area contributed by atoms with Gasteiger partial charge in [-0.2, -0.15) is 0 Å². The Bertz CT molecular complexity index is 1290. The second kappa shape index (κ2) is 15.2. The summed E-state index contributed by atoms with van der Waals surface area (Å²) in [5.74, 6) is 0.875. The zero-order chi connectivity index (χ0) is 32.4. The molecule has 9 heteroatoms. The van der Waals surface area contributed by atoms with E-state index in [1.807, 2.05) is 44.2 Å². The van der Waals surface area contributed by atoms with Crippen LogP contribution in [0.25, 0.3) is 0 Å². The van der Waals surface area contributed by atoms with Gasteiger partial charge in [-0.05, 0) is 78.1 Å². The van der Waals surface area contributed by atoms with E-state index in [0.717, 1.165) is 5.56 Å². The Hall–Kier alpha value is -4.32. The lowest BCUT2D eigenvalue weighted by Crippen LogP contribution is -2.54. The van der Waals surface area contributed by atoms with Crippen LogP contribution in [0, 0.1) is 12.3 Å². The van der Waals surface area contributed by atoms with E-state index in [4.69, 9.17) is 15.9 Å². The molecule has 0 heterocycles. The van der Waals surface area contributed by atoms with Crippen LogP contribution >= 0.6 is 0 Å². The molecule has 2 aromatic carbocycles. The fourth-order valence-electron chi connectivity index (χ4n) is 4.26. The average Bonchev–Trinajstić information content (AvgIpc) is 2.92. The normalized spacial score (nSPS) is 13.5. The van der Waals surface area contributed by atoms with Crippen molar-refractivity contribution in [2.45, 2.75) is 97.6 Å². The summed E-state index contributed by atoms with van der Waals surface area (Å²) in [4.78, 5) is 55.0. The molecule has 3 unspecified atom stereocenters. The van der Waals surface area contributed by atoms with Crippen LogP contribution in [-0.2, 0) is 30.3 Å². The van der Waals surface area contributed by atoms with Crippen LogP contribution in [0.4, 0.5) is 4.79 Å². The van der Waals surface area contributed by atoms with Gasteiger partial charge in [0.1, 0.15) is 29.8 Å². The van der Waals surface area contributed by atoms with Gasteiger partial charge in [-0.15, -0.1) is 6.42 Å². The maximum Gasteiger partial charge on any atom is 0.408 e. The van der Waals surface area contributed by atoms with Crippen molar-refractivity contribution in [3.63, 3.8) is 0 Å². The number of carbonyl (C=O) groups is 4. The third-order valence-corrected chi connectivity index (χ3v) is 6.35. The molecular weight excluding hydrogens is 546 g/mol. The Morgan fingerprint density at radius 2 is 1.49 bits per heavy atom. The first-order valence-corrected chi connectivity index (χ1v) is 14.5. The molecule has 0 aromatic heterocycles. The molecule has 232 valence electrons. The van der Waals surface area contributed by atoms with Crippen LogP contribution in [0.5, 0.6) is 0 Å². The van der Waals surface area contributed by atoms with Crippen molar-refractivity contribution in [2.75, 3.05) is 6.54 Å². The Balaban J connectivity index is 2.51. The predicted octanol–water partition coefficient (Wildman–Crippen LogP) is 4.93. The molecule has 0 radical (unpaired) electrons. The Kier molecular flexibility index (Phi) is 12.4. The van der Waals surface area contributed by atoms with Gasteiger partial charge in [0.25, 0.3) is 0 Å². The van der Waals surface area contributed by atoms with E-state index in [2.05, 4.69) is 16.6 Å². The highest BCUT2D eigenvalue weighted by Crippen LogP contribution is 2.26. The Morgan fingerprint density at radius 3 is 2.00 bits per heavy atom. The number of carbonyl (C=O) groups excluding carboxylic acids is 4. The number of ether oxygens (including phenoxy) is 2. The standard InChI is InChI=1S/C34H45N3O6/c1-10-23(3)37(28(38)22-35-32(41)43-34(7,8)9)29(26-19-17-24(11-2)18-20-26)30(39)36-27(31(40)42-33(4,5)6)21-25-15-13-12-14-16-25/h2,12-20,23,27,29H,10,21-22H2,1,3-9H3,(H,35,41)(H,36,39). The molecule has 2 aromatic rings. The van der Waals surface area contributed by atoms with Crippen molar-refractivity contribution < 1.29 is 28.7 Å². The van der Waals surface area contributed by atoms with E-state index in [1.54, 1.807) is 65.8 Å². The van der Waals surface area contributed by atoms with Crippen LogP contribution in [0.2, 0.25) is 0 Å². The van der Waals surface area contributed by atoms with E-state index < -0.39 is 59.7 Å². The second-order valence-corrected chi connectivity index (χ2v) is 12.4. The zero-order valence-electron chi connectivity index (χ0n) is 26.5. The third-order valence-electron chi connectivity index (χ3n) is 6.35. The summed E-state index contributed by atoms with van der Waals surface area (Å²) in [5, 5.41) is 5.36. The van der Waals surface area contributed by atoms with Gasteiger partial charge in [0.2, 0.25) is 11.8 Å². The number of benzene rings is 2. The summed E-state index contributed by atoms with van der Waals surface area (Å²) in [6.45, 7) is 13.7. The minimum atomic E-state index is -1.14. The van der Waals surface area contributed by atoms with E-state index in [1.165, 1.54) is 4.90 Å². The number of esters is 1. The monoisotopic (exact) mass is 591 g/mol. The van der Waals surface area contributed by atoms with Crippen LogP contribution in [0.3, 0.4) is 0 Å². The summed E-state index contributed by atoms with van der Waals surface area (Å²) in [6.07, 6.45) is 5.50. The molecule has 2 N–H and O–H groups in total. The number of hydrogen-bond donors (Lipinski definition) is 2. The lowest BCUT2D eigenvalue weighted by atomic mass is 9.98. The van der Waals surface area contributed by atoms with Gasteiger partial charge in [-0.25, -0.2) is 9.59 Å². The number of amides is 3. The molecule has 0 bridgehead atoms. The number of nitrogens with one attached hydrogen (secondary N) is 2. The van der Waals surface area contributed by atoms with E-state index in [9.17, 15) is 19.2 Å². The summed E-state index contributed by atoms with van der Waals surface area (Å²) >= 11 is 0. The van der Waals surface area contributed by atoms with Crippen LogP contribution < -0.4 is 10.6 Å². The average molecular weight is 592 g/mol. The van der Waals surface area contributed by atoms with Crippen molar-refractivity contribution in [3.8, 4) is 12.3 Å². The van der Waals surface area contributed by atoms with Crippen LogP contribution in [0.1, 0.15) is 84.5 Å². The SMILES string of the molecule is C#Cc1ccc(C(C(=O)NC(Cc2ccccc2)C(=O)OC(C)(C)C)N(C(=O)CNC(=O)OC(C)(C)C)C(C)CC)cc1. The number of terminal acetylenes is 1. The van der Waals surface area contributed by atoms with Crippen molar-refractivity contribution in [2.24, 2.45) is 0 Å². The molecule has 0 fully saturated rings. The van der Waals surface area contributed by atoms with Gasteiger partial charge >= 0.3 is 12.1 Å². The molecule has 9 nitrogen and oxygen atoms in total. The third kappa shape index (κ3) is 11.5. The maximum absolute atomic E-state index is 14.2. The lowest BCUT2D eigenvalue weighted by Gasteiger charge is -2.36. The topological polar surface area (TPSA) is 114 Å². The number of nitrogens with zero attached hydrogens (tertiary/aromatic N) is 1. The molecule has 43 heavy (non-hydrogen) atoms. The quantitative estimate of drug-likeness (QED) is 0.283. The van der Waals surface area contributed by atoms with Gasteiger partial charge in [0.15, 0.2) is 0 Å². The zero-order valence-corrected chi connectivity index (χ0v) is 26.5. The van der Waals surface area contributed by atoms with Crippen LogP contribution in [0.15, 0.2) is 54.6 Å². The van der Waals surface area contributed by atoms with Gasteiger partial charge in [-0.1, -0.05) is 55.3 Å². The van der Waals surface area contributed by atoms with Gasteiger partial charge in [-0.3, -0.25) is 9.59 Å². The van der Waals surface area contributed by atoms with Crippen molar-refractivity contribution in [1.82, 2.24) is 15.5 Å². The van der Waals surface area contributed by atoms with Gasteiger partial charge in [0.05, 0.1) is 0 Å². The Labute approximate surface area is 255 Å². The fraction of sp³-hybridized carbons (Fsp3) is 0.471. The largest absolute Gasteiger partial charge is 0.458 e. The maximum atomic E-state index is 14.2. The van der Waals surface area contributed by atoms with Crippen molar-refractivity contribution in [3.05, 3.63) is 71.3 Å². The molecule has 0 spiro atoms. The van der Waals surface area contributed by atoms with E-state index in [0.29, 0.717) is 17.5 Å². The number of rotatable bonds is 11. The van der Waals surface area contributed by atoms with Crippen molar-refractivity contribution in [1.29, 1.82) is 0 Å². The first-order chi connectivity index (χ1) is 20.0. The summed E-state index contributed by atoms with van der Waals surface area (Å²) in [7, 11) is 0. The Morgan fingerprint density at radius 1 is 0.907 bits per heavy atom. The van der Waals surface area contributed by atoms with Crippen molar-refractivity contribution >= 4 is 23.9 Å². The minimum absolute atomic E-state index is 0.182. The fourth-order valence-corrected chi connectivity index (χ4v) is 4.26. The summed E-state index contributed by atoms with van der Waals surface area (Å²) in [6, 6.07) is 13.4. The predicted molar refractivity (Wildman–Crippen MR) is 166 cm³/mol. The number of hydrogen-bond acceptors (Lipinski definition) is 6. The smallest absolute Gasteiger partial charge is 0.408 e. The minimum Gasteiger partial charge on any atom is -0.458 e. The van der Waals surface area contributed by atoms with E-state index >= 15 is 0 Å². The summed E-state index contributed by atoms with van der Waals surface area (Å²) in [5.41, 5.74) is 0.384. The number of alkyl carbamates (subject to hydrolysis) is 1. The first kappa shape index (κ1) is 34.9.